The highest BCUT2D eigenvalue weighted by Gasteiger charge is 2.16. The fraction of sp³-hybridized carbons (Fsp3) is 0.250. The number of carbonyl (C=O) groups excluding carboxylic acids is 1. The first-order valence-electron chi connectivity index (χ1n) is 8.39. The minimum Gasteiger partial charge on any atom is -0.459 e. The predicted molar refractivity (Wildman–Crippen MR) is 99.4 cm³/mol. The van der Waals surface area contributed by atoms with Gasteiger partial charge >= 0.3 is 0 Å². The summed E-state index contributed by atoms with van der Waals surface area (Å²) in [4.78, 5) is 12.2. The van der Waals surface area contributed by atoms with Gasteiger partial charge in [0.1, 0.15) is 17.4 Å². The number of hydrogen-bond donors (Lipinski definition) is 2. The number of quaternary nitrogens is 1. The molecule has 0 bridgehead atoms. The van der Waals surface area contributed by atoms with Gasteiger partial charge in [-0.3, -0.25) is 4.79 Å². The molecule has 3 rings (SSSR count). The number of benzene rings is 2. The van der Waals surface area contributed by atoms with Crippen LogP contribution in [0.1, 0.15) is 37.3 Å². The summed E-state index contributed by atoms with van der Waals surface area (Å²) in [6.45, 7) is 4.35. The van der Waals surface area contributed by atoms with Gasteiger partial charge in [0.25, 0.3) is 5.91 Å². The van der Waals surface area contributed by atoms with E-state index in [2.05, 4.69) is 12.2 Å². The molecule has 0 spiro atoms. The summed E-state index contributed by atoms with van der Waals surface area (Å²) < 4.78 is 5.80. The van der Waals surface area contributed by atoms with E-state index in [1.165, 1.54) is 0 Å². The highest BCUT2D eigenvalue weighted by Crippen LogP contribution is 2.23. The molecule has 1 aromatic heterocycles. The van der Waals surface area contributed by atoms with Crippen molar-refractivity contribution in [3.05, 3.63) is 70.9 Å². The minimum absolute atomic E-state index is 0.0197. The summed E-state index contributed by atoms with van der Waals surface area (Å²) in [6.07, 6.45) is 0. The number of carbonyl (C=O) groups is 1. The molecule has 25 heavy (non-hydrogen) atoms. The van der Waals surface area contributed by atoms with Gasteiger partial charge in [0.2, 0.25) is 0 Å². The van der Waals surface area contributed by atoms with Crippen LogP contribution in [0, 0.1) is 0 Å². The van der Waals surface area contributed by atoms with Crippen molar-refractivity contribution < 1.29 is 14.5 Å². The van der Waals surface area contributed by atoms with Crippen LogP contribution >= 0.6 is 11.6 Å². The van der Waals surface area contributed by atoms with E-state index >= 15 is 0 Å². The molecular weight excluding hydrogens is 336 g/mol. The van der Waals surface area contributed by atoms with Crippen LogP contribution in [0.4, 0.5) is 0 Å². The molecule has 0 unspecified atom stereocenters. The van der Waals surface area contributed by atoms with E-state index in [1.54, 1.807) is 0 Å². The van der Waals surface area contributed by atoms with Crippen LogP contribution in [0.3, 0.4) is 0 Å². The third-order valence-corrected chi connectivity index (χ3v) is 4.55. The molecule has 1 amide bonds. The Morgan fingerprint density at radius 2 is 1.88 bits per heavy atom. The first-order chi connectivity index (χ1) is 12.0. The van der Waals surface area contributed by atoms with Gasteiger partial charge in [-0.1, -0.05) is 41.9 Å². The number of furan rings is 1. The van der Waals surface area contributed by atoms with Crippen LogP contribution in [0.25, 0.3) is 11.0 Å². The maximum Gasteiger partial charge on any atom is 0.275 e. The van der Waals surface area contributed by atoms with Crippen molar-refractivity contribution >= 4 is 28.5 Å². The molecule has 4 nitrogen and oxygen atoms in total. The van der Waals surface area contributed by atoms with Gasteiger partial charge in [0.15, 0.2) is 6.54 Å². The Morgan fingerprint density at radius 1 is 1.16 bits per heavy atom. The van der Waals surface area contributed by atoms with E-state index < -0.39 is 0 Å². The fourth-order valence-corrected chi connectivity index (χ4v) is 2.90. The number of rotatable bonds is 6. The lowest BCUT2D eigenvalue weighted by Crippen LogP contribution is -2.87. The topological polar surface area (TPSA) is 58.9 Å². The number of halogens is 1. The molecule has 0 fully saturated rings. The zero-order valence-electron chi connectivity index (χ0n) is 14.3. The Labute approximate surface area is 152 Å². The molecule has 0 aliphatic carbocycles. The maximum atomic E-state index is 12.2. The summed E-state index contributed by atoms with van der Waals surface area (Å²) in [5.41, 5.74) is 1.98. The number of fused-ring (bicyclic) bond motifs is 1. The smallest absolute Gasteiger partial charge is 0.275 e. The molecule has 0 aliphatic heterocycles. The van der Waals surface area contributed by atoms with Crippen LogP contribution in [0.2, 0.25) is 5.02 Å². The van der Waals surface area contributed by atoms with Crippen LogP contribution in [0.5, 0.6) is 0 Å². The standard InChI is InChI=1S/C20H21ClN2O2/c1-13(15-7-9-17(21)10-8-15)22-12-20(24)23-14(2)19-11-16-5-3-4-6-18(16)25-19/h3-11,13-14,22H,12H2,1-2H3,(H,23,24)/p+1/t13-,14+/m1/s1. The average molecular weight is 358 g/mol. The molecule has 1 heterocycles. The Hall–Kier alpha value is -2.30. The van der Waals surface area contributed by atoms with Crippen molar-refractivity contribution in [1.82, 2.24) is 5.32 Å². The van der Waals surface area contributed by atoms with Crippen molar-refractivity contribution in [2.24, 2.45) is 0 Å². The zero-order valence-corrected chi connectivity index (χ0v) is 15.1. The summed E-state index contributed by atoms with van der Waals surface area (Å²) in [6, 6.07) is 17.5. The maximum absolute atomic E-state index is 12.2. The SMILES string of the molecule is C[C@H](NC(=O)C[NH2+][C@H](C)c1ccc(Cl)cc1)c1cc2ccccc2o1. The van der Waals surface area contributed by atoms with Crippen LogP contribution < -0.4 is 10.6 Å². The van der Waals surface area contributed by atoms with E-state index in [-0.39, 0.29) is 18.0 Å². The third kappa shape index (κ3) is 4.41. The van der Waals surface area contributed by atoms with E-state index in [4.69, 9.17) is 16.0 Å². The first kappa shape index (κ1) is 17.5. The molecule has 2 atom stereocenters. The Balaban J connectivity index is 1.53. The monoisotopic (exact) mass is 357 g/mol. The molecular formula is C20H22ClN2O2+. The van der Waals surface area contributed by atoms with Crippen molar-refractivity contribution in [3.8, 4) is 0 Å². The van der Waals surface area contributed by atoms with Gasteiger partial charge < -0.3 is 15.1 Å². The van der Waals surface area contributed by atoms with Crippen molar-refractivity contribution in [2.75, 3.05) is 6.54 Å². The third-order valence-electron chi connectivity index (χ3n) is 4.30. The van der Waals surface area contributed by atoms with Crippen LogP contribution in [-0.2, 0) is 4.79 Å². The minimum atomic E-state index is -0.167. The lowest BCUT2D eigenvalue weighted by molar-refractivity contribution is -0.682. The molecule has 3 N–H and O–H groups in total. The average Bonchev–Trinajstić information content (AvgIpc) is 3.04. The fourth-order valence-electron chi connectivity index (χ4n) is 2.77. The van der Waals surface area contributed by atoms with Crippen LogP contribution in [0.15, 0.2) is 59.0 Å². The highest BCUT2D eigenvalue weighted by molar-refractivity contribution is 6.30. The number of para-hydroxylation sites is 1. The quantitative estimate of drug-likeness (QED) is 0.708. The molecule has 130 valence electrons. The Morgan fingerprint density at radius 3 is 2.60 bits per heavy atom. The van der Waals surface area contributed by atoms with E-state index in [0.29, 0.717) is 11.6 Å². The number of nitrogens with one attached hydrogen (secondary N) is 1. The van der Waals surface area contributed by atoms with Gasteiger partial charge in [0, 0.05) is 16.0 Å². The van der Waals surface area contributed by atoms with Gasteiger partial charge in [0.05, 0.1) is 6.04 Å². The van der Waals surface area contributed by atoms with Crippen molar-refractivity contribution in [3.63, 3.8) is 0 Å². The second-order valence-corrected chi connectivity index (χ2v) is 6.69. The molecule has 3 aromatic rings. The summed E-state index contributed by atoms with van der Waals surface area (Å²) in [7, 11) is 0. The Bertz CT molecular complexity index is 825. The molecule has 0 saturated carbocycles. The molecule has 0 saturated heterocycles. The van der Waals surface area contributed by atoms with E-state index in [1.807, 2.05) is 66.8 Å². The second-order valence-electron chi connectivity index (χ2n) is 6.26. The van der Waals surface area contributed by atoms with E-state index in [0.717, 1.165) is 22.3 Å². The predicted octanol–water partition coefficient (Wildman–Crippen LogP) is 3.59. The number of amides is 1. The largest absolute Gasteiger partial charge is 0.459 e. The Kier molecular flexibility index (Phi) is 5.41. The molecule has 0 aliphatic rings. The number of hydrogen-bond acceptors (Lipinski definition) is 2. The van der Waals surface area contributed by atoms with Crippen molar-refractivity contribution in [2.45, 2.75) is 25.9 Å². The van der Waals surface area contributed by atoms with Gasteiger partial charge in [-0.2, -0.15) is 0 Å². The van der Waals surface area contributed by atoms with Crippen molar-refractivity contribution in [1.29, 1.82) is 0 Å². The molecule has 0 radical (unpaired) electrons. The highest BCUT2D eigenvalue weighted by atomic mass is 35.5. The zero-order chi connectivity index (χ0) is 17.8. The van der Waals surface area contributed by atoms with Crippen LogP contribution in [-0.4, -0.2) is 12.5 Å². The lowest BCUT2D eigenvalue weighted by atomic mass is 10.1. The second kappa shape index (κ2) is 7.72. The lowest BCUT2D eigenvalue weighted by Gasteiger charge is -2.13. The first-order valence-corrected chi connectivity index (χ1v) is 8.77. The number of nitrogens with two attached hydrogens (primary N) is 1. The molecule has 5 heteroatoms. The summed E-state index contributed by atoms with van der Waals surface area (Å²) >= 11 is 5.91. The van der Waals surface area contributed by atoms with Gasteiger partial charge in [-0.05, 0) is 38.1 Å². The normalized spacial score (nSPS) is 13.6. The van der Waals surface area contributed by atoms with E-state index in [9.17, 15) is 4.79 Å². The van der Waals surface area contributed by atoms with Gasteiger partial charge in [-0.25, -0.2) is 0 Å². The molecule has 2 aromatic carbocycles. The van der Waals surface area contributed by atoms with Gasteiger partial charge in [-0.15, -0.1) is 0 Å². The summed E-state index contributed by atoms with van der Waals surface area (Å²) in [5.74, 6) is 0.745. The summed E-state index contributed by atoms with van der Waals surface area (Å²) in [5, 5.41) is 6.75.